The molecule has 0 fully saturated rings. The molecular formula is C18H16N4O3S2. The fourth-order valence-electron chi connectivity index (χ4n) is 2.59. The van der Waals surface area contributed by atoms with E-state index < -0.39 is 0 Å². The number of hydrogen-bond acceptors (Lipinski definition) is 9. The summed E-state index contributed by atoms with van der Waals surface area (Å²) in [7, 11) is 4.86. The van der Waals surface area contributed by atoms with Crippen molar-refractivity contribution in [1.29, 1.82) is 0 Å². The summed E-state index contributed by atoms with van der Waals surface area (Å²) in [5.74, 6) is 2.07. The van der Waals surface area contributed by atoms with Crippen molar-refractivity contribution in [2.45, 2.75) is 0 Å². The summed E-state index contributed by atoms with van der Waals surface area (Å²) < 4.78 is 17.0. The van der Waals surface area contributed by atoms with Crippen LogP contribution in [0.2, 0.25) is 0 Å². The highest BCUT2D eigenvalue weighted by Crippen LogP contribution is 2.37. The monoisotopic (exact) mass is 400 g/mol. The first-order valence-electron chi connectivity index (χ1n) is 7.98. The van der Waals surface area contributed by atoms with Crippen molar-refractivity contribution in [3.8, 4) is 27.8 Å². The predicted octanol–water partition coefficient (Wildman–Crippen LogP) is 4.58. The van der Waals surface area contributed by atoms with E-state index >= 15 is 0 Å². The first-order valence-corrected chi connectivity index (χ1v) is 9.61. The maximum atomic E-state index is 5.36. The van der Waals surface area contributed by atoms with Gasteiger partial charge in [0.25, 0.3) is 0 Å². The second kappa shape index (κ2) is 7.37. The van der Waals surface area contributed by atoms with Gasteiger partial charge in [0.1, 0.15) is 16.3 Å². The van der Waals surface area contributed by atoms with Gasteiger partial charge in [-0.05, 0) is 30.3 Å². The summed E-state index contributed by atoms with van der Waals surface area (Å²) in [4.78, 5) is 4.60. The molecule has 9 heteroatoms. The molecule has 0 aliphatic carbocycles. The molecule has 0 amide bonds. The molecule has 0 aliphatic heterocycles. The highest BCUT2D eigenvalue weighted by molar-refractivity contribution is 7.23. The number of para-hydroxylation sites is 1. The molecule has 0 saturated heterocycles. The Morgan fingerprint density at radius 2 is 1.63 bits per heavy atom. The van der Waals surface area contributed by atoms with Crippen molar-refractivity contribution >= 4 is 43.2 Å². The van der Waals surface area contributed by atoms with Crippen LogP contribution in [0.3, 0.4) is 0 Å². The Morgan fingerprint density at radius 1 is 0.815 bits per heavy atom. The Hall–Kier alpha value is -2.91. The number of rotatable bonds is 6. The third kappa shape index (κ3) is 3.38. The third-order valence-electron chi connectivity index (χ3n) is 3.87. The molecule has 0 bridgehead atoms. The van der Waals surface area contributed by atoms with Crippen molar-refractivity contribution in [3.63, 3.8) is 0 Å². The van der Waals surface area contributed by atoms with E-state index in [0.717, 1.165) is 31.7 Å². The summed E-state index contributed by atoms with van der Waals surface area (Å²) in [6, 6.07) is 11.5. The van der Waals surface area contributed by atoms with Crippen LogP contribution in [0.4, 0.5) is 10.3 Å². The average Bonchev–Trinajstić information content (AvgIpc) is 3.33. The van der Waals surface area contributed by atoms with Crippen LogP contribution in [0.1, 0.15) is 0 Å². The highest BCUT2D eigenvalue weighted by atomic mass is 32.1. The summed E-state index contributed by atoms with van der Waals surface area (Å²) >= 11 is 2.98. The number of ether oxygens (including phenoxy) is 3. The Labute approximate surface area is 163 Å². The molecular weight excluding hydrogens is 384 g/mol. The van der Waals surface area contributed by atoms with Crippen LogP contribution in [0.15, 0.2) is 36.4 Å². The minimum absolute atomic E-state index is 0.651. The van der Waals surface area contributed by atoms with Crippen molar-refractivity contribution in [2.24, 2.45) is 0 Å². The van der Waals surface area contributed by atoms with Gasteiger partial charge in [-0.15, -0.1) is 10.2 Å². The van der Waals surface area contributed by atoms with Crippen molar-refractivity contribution in [3.05, 3.63) is 36.4 Å². The molecule has 27 heavy (non-hydrogen) atoms. The molecule has 1 N–H and O–H groups in total. The van der Waals surface area contributed by atoms with Crippen LogP contribution in [0, 0.1) is 0 Å². The van der Waals surface area contributed by atoms with E-state index in [4.69, 9.17) is 14.2 Å². The second-order valence-corrected chi connectivity index (χ2v) is 7.44. The van der Waals surface area contributed by atoms with E-state index in [1.807, 2.05) is 36.4 Å². The Morgan fingerprint density at radius 3 is 2.41 bits per heavy atom. The molecule has 7 nitrogen and oxygen atoms in total. The van der Waals surface area contributed by atoms with Gasteiger partial charge in [-0.2, -0.15) is 0 Å². The highest BCUT2D eigenvalue weighted by Gasteiger charge is 2.13. The second-order valence-electron chi connectivity index (χ2n) is 5.43. The summed E-state index contributed by atoms with van der Waals surface area (Å²) in [6.07, 6.45) is 0. The fraction of sp³-hybridized carbons (Fsp3) is 0.167. The van der Waals surface area contributed by atoms with Gasteiger partial charge < -0.3 is 19.5 Å². The standard InChI is InChI=1S/C18H16N4O3S2/c1-23-11-8-7-10(9-13(11)25-3)16-21-22-18(27-16)20-17-19-15-12(24-2)5-4-6-14(15)26-17/h4-9H,1-3H3,(H,19,20,22). The maximum absolute atomic E-state index is 5.36. The largest absolute Gasteiger partial charge is 0.494 e. The lowest BCUT2D eigenvalue weighted by molar-refractivity contribution is 0.355. The van der Waals surface area contributed by atoms with E-state index in [9.17, 15) is 0 Å². The zero-order valence-corrected chi connectivity index (χ0v) is 16.5. The Balaban J connectivity index is 1.60. The average molecular weight is 400 g/mol. The lowest BCUT2D eigenvalue weighted by atomic mass is 10.2. The fourth-order valence-corrected chi connectivity index (χ4v) is 4.28. The van der Waals surface area contributed by atoms with Crippen LogP contribution < -0.4 is 19.5 Å². The van der Waals surface area contributed by atoms with Crippen LogP contribution >= 0.6 is 22.7 Å². The van der Waals surface area contributed by atoms with Gasteiger partial charge in [-0.25, -0.2) is 4.98 Å². The van der Waals surface area contributed by atoms with Gasteiger partial charge in [0.05, 0.1) is 26.0 Å². The van der Waals surface area contributed by atoms with Gasteiger partial charge in [0.2, 0.25) is 5.13 Å². The molecule has 0 aliphatic rings. The number of hydrogen-bond donors (Lipinski definition) is 1. The molecule has 2 aromatic heterocycles. The lowest BCUT2D eigenvalue weighted by Gasteiger charge is -2.07. The van der Waals surface area contributed by atoms with Crippen LogP contribution in [-0.2, 0) is 0 Å². The number of benzene rings is 2. The molecule has 0 atom stereocenters. The maximum Gasteiger partial charge on any atom is 0.212 e. The zero-order valence-electron chi connectivity index (χ0n) is 14.8. The minimum atomic E-state index is 0.651. The summed E-state index contributed by atoms with van der Waals surface area (Å²) in [5, 5.41) is 13.9. The number of anilines is 2. The topological polar surface area (TPSA) is 78.4 Å². The van der Waals surface area contributed by atoms with Crippen LogP contribution in [-0.4, -0.2) is 36.5 Å². The van der Waals surface area contributed by atoms with Crippen LogP contribution in [0.5, 0.6) is 17.2 Å². The number of nitrogens with zero attached hydrogens (tertiary/aromatic N) is 3. The number of aromatic nitrogens is 3. The molecule has 4 aromatic rings. The Bertz CT molecular complexity index is 1090. The molecule has 2 aromatic carbocycles. The van der Waals surface area contributed by atoms with Gasteiger partial charge >= 0.3 is 0 Å². The van der Waals surface area contributed by atoms with E-state index in [2.05, 4.69) is 20.5 Å². The van der Waals surface area contributed by atoms with E-state index in [1.54, 1.807) is 21.3 Å². The quantitative estimate of drug-likeness (QED) is 0.507. The number of fused-ring (bicyclic) bond motifs is 1. The molecule has 0 unspecified atom stereocenters. The molecule has 0 radical (unpaired) electrons. The number of thiazole rings is 1. The van der Waals surface area contributed by atoms with Gasteiger partial charge in [-0.1, -0.05) is 28.7 Å². The predicted molar refractivity (Wildman–Crippen MR) is 108 cm³/mol. The number of methoxy groups -OCH3 is 3. The molecule has 138 valence electrons. The van der Waals surface area contributed by atoms with Crippen molar-refractivity contribution in [1.82, 2.24) is 15.2 Å². The molecule has 2 heterocycles. The minimum Gasteiger partial charge on any atom is -0.494 e. The summed E-state index contributed by atoms with van der Waals surface area (Å²) in [6.45, 7) is 0. The van der Waals surface area contributed by atoms with Gasteiger partial charge in [0, 0.05) is 5.56 Å². The molecule has 0 spiro atoms. The van der Waals surface area contributed by atoms with E-state index in [0.29, 0.717) is 16.6 Å². The van der Waals surface area contributed by atoms with Crippen molar-refractivity contribution in [2.75, 3.05) is 26.6 Å². The van der Waals surface area contributed by atoms with Crippen molar-refractivity contribution < 1.29 is 14.2 Å². The zero-order chi connectivity index (χ0) is 18.8. The molecule has 4 rings (SSSR count). The number of nitrogens with one attached hydrogen (secondary N) is 1. The first-order chi connectivity index (χ1) is 13.2. The third-order valence-corrected chi connectivity index (χ3v) is 5.70. The van der Waals surface area contributed by atoms with E-state index in [-0.39, 0.29) is 0 Å². The van der Waals surface area contributed by atoms with Gasteiger partial charge in [0.15, 0.2) is 16.6 Å². The first kappa shape index (κ1) is 17.5. The van der Waals surface area contributed by atoms with E-state index in [1.165, 1.54) is 22.7 Å². The SMILES string of the molecule is COc1ccc(-c2nnc(Nc3nc4c(OC)cccc4s3)s2)cc1OC. The Kier molecular flexibility index (Phi) is 4.78. The normalized spacial score (nSPS) is 10.8. The van der Waals surface area contributed by atoms with Crippen LogP contribution in [0.25, 0.3) is 20.8 Å². The smallest absolute Gasteiger partial charge is 0.212 e. The molecule has 0 saturated carbocycles. The summed E-state index contributed by atoms with van der Waals surface area (Å²) in [5.41, 5.74) is 1.74. The lowest BCUT2D eigenvalue weighted by Crippen LogP contribution is -1.90. The van der Waals surface area contributed by atoms with Gasteiger partial charge in [-0.3, -0.25) is 0 Å².